The molecule has 0 amide bonds. The van der Waals surface area contributed by atoms with Crippen molar-refractivity contribution in [3.8, 4) is 0 Å². The number of carbonyl (C=O) groups is 1. The number of hydrogen-bond acceptors (Lipinski definition) is 3. The Morgan fingerprint density at radius 2 is 2.00 bits per heavy atom. The molecule has 4 heteroatoms. The van der Waals surface area contributed by atoms with Crippen LogP contribution in [0.1, 0.15) is 19.4 Å². The summed E-state index contributed by atoms with van der Waals surface area (Å²) < 4.78 is 4.77. The van der Waals surface area contributed by atoms with E-state index in [0.29, 0.717) is 10.6 Å². The predicted octanol–water partition coefficient (Wildman–Crippen LogP) is 2.11. The van der Waals surface area contributed by atoms with Crippen molar-refractivity contribution in [1.29, 1.82) is 0 Å². The lowest BCUT2D eigenvalue weighted by atomic mass is 9.96. The minimum atomic E-state index is -1.62. The fourth-order valence-electron chi connectivity index (χ4n) is 1.16. The van der Waals surface area contributed by atoms with Crippen molar-refractivity contribution < 1.29 is 14.6 Å². The lowest BCUT2D eigenvalue weighted by Gasteiger charge is -2.21. The van der Waals surface area contributed by atoms with Crippen LogP contribution in [0.15, 0.2) is 24.3 Å². The molecule has 0 bridgehead atoms. The van der Waals surface area contributed by atoms with E-state index in [2.05, 4.69) is 0 Å². The lowest BCUT2D eigenvalue weighted by molar-refractivity contribution is -0.164. The molecule has 0 saturated heterocycles. The van der Waals surface area contributed by atoms with Crippen molar-refractivity contribution in [2.24, 2.45) is 0 Å². The summed E-state index contributed by atoms with van der Waals surface area (Å²) in [7, 11) is 0. The fraction of sp³-hybridized carbons (Fsp3) is 0.364. The van der Waals surface area contributed by atoms with Gasteiger partial charge in [-0.15, -0.1) is 0 Å². The number of aliphatic hydroxyl groups is 1. The molecule has 3 nitrogen and oxygen atoms in total. The van der Waals surface area contributed by atoms with Gasteiger partial charge in [-0.3, -0.25) is 0 Å². The first-order chi connectivity index (χ1) is 6.98. The molecule has 1 rings (SSSR count). The van der Waals surface area contributed by atoms with Gasteiger partial charge in [0.2, 0.25) is 0 Å². The molecule has 0 spiro atoms. The molecule has 0 unspecified atom stereocenters. The molecule has 1 atom stereocenters. The van der Waals surface area contributed by atoms with Crippen molar-refractivity contribution in [1.82, 2.24) is 0 Å². The number of halogens is 1. The van der Waals surface area contributed by atoms with E-state index < -0.39 is 11.6 Å². The summed E-state index contributed by atoms with van der Waals surface area (Å²) in [6.07, 6.45) is 0. The van der Waals surface area contributed by atoms with Crippen molar-refractivity contribution in [3.05, 3.63) is 34.9 Å². The quantitative estimate of drug-likeness (QED) is 0.806. The molecule has 1 aromatic carbocycles. The first kappa shape index (κ1) is 12.0. The Hall–Kier alpha value is -1.06. The van der Waals surface area contributed by atoms with Crippen molar-refractivity contribution >= 4 is 17.6 Å². The minimum Gasteiger partial charge on any atom is -0.464 e. The third kappa shape index (κ3) is 2.70. The van der Waals surface area contributed by atoms with Crippen LogP contribution in [-0.4, -0.2) is 17.7 Å². The second-order valence-electron chi connectivity index (χ2n) is 3.30. The van der Waals surface area contributed by atoms with Gasteiger partial charge in [0.05, 0.1) is 6.61 Å². The van der Waals surface area contributed by atoms with Crippen molar-refractivity contribution in [2.75, 3.05) is 6.61 Å². The molecule has 0 radical (unpaired) electrons. The maximum absolute atomic E-state index is 11.4. The third-order valence-electron chi connectivity index (χ3n) is 2.08. The van der Waals surface area contributed by atoms with E-state index in [1.165, 1.54) is 6.92 Å². The van der Waals surface area contributed by atoms with Gasteiger partial charge >= 0.3 is 5.97 Å². The number of rotatable bonds is 3. The highest BCUT2D eigenvalue weighted by Gasteiger charge is 2.33. The zero-order chi connectivity index (χ0) is 11.5. The Morgan fingerprint density at radius 3 is 2.47 bits per heavy atom. The van der Waals surface area contributed by atoms with Crippen LogP contribution in [0.5, 0.6) is 0 Å². The van der Waals surface area contributed by atoms with Gasteiger partial charge in [-0.1, -0.05) is 23.7 Å². The molecule has 0 heterocycles. The molecule has 0 aliphatic carbocycles. The van der Waals surface area contributed by atoms with E-state index in [-0.39, 0.29) is 6.61 Å². The number of hydrogen-bond donors (Lipinski definition) is 1. The van der Waals surface area contributed by atoms with Crippen LogP contribution in [0.3, 0.4) is 0 Å². The standard InChI is InChI=1S/C11H13ClO3/c1-3-15-10(13)11(2,14)8-4-6-9(12)7-5-8/h4-7,14H,3H2,1-2H3/t11-/m0/s1. The summed E-state index contributed by atoms with van der Waals surface area (Å²) in [5, 5.41) is 10.5. The average molecular weight is 229 g/mol. The molecule has 0 aliphatic rings. The first-order valence-corrected chi connectivity index (χ1v) is 5.02. The van der Waals surface area contributed by atoms with Gasteiger partial charge < -0.3 is 9.84 Å². The zero-order valence-electron chi connectivity index (χ0n) is 8.66. The maximum Gasteiger partial charge on any atom is 0.342 e. The van der Waals surface area contributed by atoms with Crippen molar-refractivity contribution in [2.45, 2.75) is 19.4 Å². The molecule has 0 saturated carbocycles. The number of esters is 1. The van der Waals surface area contributed by atoms with Crippen molar-refractivity contribution in [3.63, 3.8) is 0 Å². The van der Waals surface area contributed by atoms with Gasteiger partial charge in [0.25, 0.3) is 0 Å². The summed E-state index contributed by atoms with van der Waals surface area (Å²) in [6, 6.07) is 6.42. The number of ether oxygens (including phenoxy) is 1. The van der Waals surface area contributed by atoms with E-state index >= 15 is 0 Å². The average Bonchev–Trinajstić information content (AvgIpc) is 2.18. The maximum atomic E-state index is 11.4. The molecule has 82 valence electrons. The normalized spacial score (nSPS) is 14.4. The van der Waals surface area contributed by atoms with Crippen LogP contribution in [0.4, 0.5) is 0 Å². The number of benzene rings is 1. The minimum absolute atomic E-state index is 0.239. The molecular weight excluding hydrogens is 216 g/mol. The molecule has 1 aromatic rings. The summed E-state index contributed by atoms with van der Waals surface area (Å²) in [5.74, 6) is -0.660. The fourth-order valence-corrected chi connectivity index (χ4v) is 1.29. The highest BCUT2D eigenvalue weighted by atomic mass is 35.5. The lowest BCUT2D eigenvalue weighted by Crippen LogP contribution is -2.34. The molecule has 0 fully saturated rings. The van der Waals surface area contributed by atoms with E-state index in [1.807, 2.05) is 0 Å². The van der Waals surface area contributed by atoms with Gasteiger partial charge in [0, 0.05) is 5.02 Å². The summed E-state index contributed by atoms with van der Waals surface area (Å²) in [4.78, 5) is 11.4. The first-order valence-electron chi connectivity index (χ1n) is 4.64. The summed E-state index contributed by atoms with van der Waals surface area (Å²) >= 11 is 5.70. The second-order valence-corrected chi connectivity index (χ2v) is 3.74. The van der Waals surface area contributed by atoms with Crippen LogP contribution in [-0.2, 0) is 15.1 Å². The van der Waals surface area contributed by atoms with Gasteiger partial charge in [-0.05, 0) is 31.5 Å². The molecule has 0 aliphatic heterocycles. The Labute approximate surface area is 93.6 Å². The highest BCUT2D eigenvalue weighted by Crippen LogP contribution is 2.23. The summed E-state index contributed by atoms with van der Waals surface area (Å²) in [6.45, 7) is 3.33. The van der Waals surface area contributed by atoms with Crippen LogP contribution in [0, 0.1) is 0 Å². The molecule has 1 N–H and O–H groups in total. The van der Waals surface area contributed by atoms with Crippen LogP contribution in [0.25, 0.3) is 0 Å². The van der Waals surface area contributed by atoms with Gasteiger partial charge in [-0.25, -0.2) is 4.79 Å². The van der Waals surface area contributed by atoms with Crippen LogP contribution >= 0.6 is 11.6 Å². The summed E-state index contributed by atoms with van der Waals surface area (Å²) in [5.41, 5.74) is -1.16. The van der Waals surface area contributed by atoms with Gasteiger partial charge in [0.15, 0.2) is 5.60 Å². The zero-order valence-corrected chi connectivity index (χ0v) is 9.41. The largest absolute Gasteiger partial charge is 0.464 e. The van der Waals surface area contributed by atoms with Crippen LogP contribution in [0.2, 0.25) is 5.02 Å². The Kier molecular flexibility index (Phi) is 3.72. The molecular formula is C11H13ClO3. The smallest absolute Gasteiger partial charge is 0.342 e. The van der Waals surface area contributed by atoms with E-state index in [1.54, 1.807) is 31.2 Å². The highest BCUT2D eigenvalue weighted by molar-refractivity contribution is 6.30. The van der Waals surface area contributed by atoms with E-state index in [9.17, 15) is 9.90 Å². The molecule has 0 aromatic heterocycles. The Morgan fingerprint density at radius 1 is 1.47 bits per heavy atom. The topological polar surface area (TPSA) is 46.5 Å². The molecule has 15 heavy (non-hydrogen) atoms. The SMILES string of the molecule is CCOC(=O)[C@@](C)(O)c1ccc(Cl)cc1. The van der Waals surface area contributed by atoms with Crippen LogP contribution < -0.4 is 0 Å². The Balaban J connectivity index is 2.94. The van der Waals surface area contributed by atoms with E-state index in [4.69, 9.17) is 16.3 Å². The van der Waals surface area contributed by atoms with Gasteiger partial charge in [-0.2, -0.15) is 0 Å². The Bertz CT molecular complexity index is 343. The predicted molar refractivity (Wildman–Crippen MR) is 57.7 cm³/mol. The number of carbonyl (C=O) groups excluding carboxylic acids is 1. The monoisotopic (exact) mass is 228 g/mol. The second kappa shape index (κ2) is 4.64. The third-order valence-corrected chi connectivity index (χ3v) is 2.33. The van der Waals surface area contributed by atoms with Gasteiger partial charge in [0.1, 0.15) is 0 Å². The van der Waals surface area contributed by atoms with E-state index in [0.717, 1.165) is 0 Å².